The molecule has 2 aromatic rings. The molecular formula is C24H31N11O8S2. The molecule has 8 N–H and O–H groups in total. The van der Waals surface area contributed by atoms with Gasteiger partial charge in [0.2, 0.25) is 29.2 Å². The van der Waals surface area contributed by atoms with E-state index in [9.17, 15) is 34.2 Å². The van der Waals surface area contributed by atoms with Crippen molar-refractivity contribution in [2.24, 2.45) is 12.2 Å². The molecule has 0 bridgehead atoms. The second-order valence-electron chi connectivity index (χ2n) is 10.4. The molecule has 19 nitrogen and oxygen atoms in total. The van der Waals surface area contributed by atoms with Crippen molar-refractivity contribution in [1.82, 2.24) is 29.6 Å². The monoisotopic (exact) mass is 665 g/mol. The number of hydrogen-bond acceptors (Lipinski definition) is 15. The van der Waals surface area contributed by atoms with Gasteiger partial charge in [-0.05, 0) is 20.9 Å². The molecule has 2 aromatic heterocycles. The molecule has 1 fully saturated rings. The van der Waals surface area contributed by atoms with Gasteiger partial charge >= 0.3 is 5.97 Å². The first-order valence-electron chi connectivity index (χ1n) is 13.2. The number of carbonyl (C=O) groups is 5. The number of hydrogen-bond donors (Lipinski definition) is 6. The van der Waals surface area contributed by atoms with Gasteiger partial charge in [0.1, 0.15) is 11.4 Å². The van der Waals surface area contributed by atoms with Crippen LogP contribution in [0, 0.1) is 0 Å². The van der Waals surface area contributed by atoms with Crippen LogP contribution < -0.4 is 37.2 Å². The van der Waals surface area contributed by atoms with Crippen molar-refractivity contribution >= 4 is 75.3 Å². The van der Waals surface area contributed by atoms with E-state index in [1.54, 1.807) is 25.0 Å². The zero-order valence-electron chi connectivity index (χ0n) is 24.5. The van der Waals surface area contributed by atoms with Gasteiger partial charge in [-0.1, -0.05) is 5.16 Å². The van der Waals surface area contributed by atoms with Crippen LogP contribution in [0.2, 0.25) is 0 Å². The van der Waals surface area contributed by atoms with Crippen molar-refractivity contribution < 1.29 is 43.7 Å². The Morgan fingerprint density at radius 3 is 2.62 bits per heavy atom. The molecule has 4 rings (SSSR count). The predicted octanol–water partition coefficient (Wildman–Crippen LogP) is -3.44. The number of rotatable bonds is 13. The van der Waals surface area contributed by atoms with Crippen LogP contribution in [-0.2, 0) is 42.4 Å². The molecule has 0 radical (unpaired) electrons. The molecule has 242 valence electrons. The zero-order valence-corrected chi connectivity index (χ0v) is 26.2. The minimum absolute atomic E-state index is 0.00134. The summed E-state index contributed by atoms with van der Waals surface area (Å²) in [4.78, 5) is 72.3. The van der Waals surface area contributed by atoms with Crippen molar-refractivity contribution in [2.45, 2.75) is 43.8 Å². The number of thioether (sulfide) groups is 1. The summed E-state index contributed by atoms with van der Waals surface area (Å²) in [6.45, 7) is 2.88. The molecule has 21 heteroatoms. The number of aliphatic carboxylic acids is 2. The van der Waals surface area contributed by atoms with Crippen LogP contribution in [-0.4, -0.2) is 95.8 Å². The highest BCUT2D eigenvalue weighted by molar-refractivity contribution is 8.00. The molecule has 0 unspecified atom stereocenters. The Hall–Kier alpha value is -4.76. The molecule has 0 spiro atoms. The van der Waals surface area contributed by atoms with Gasteiger partial charge in [-0.15, -0.1) is 21.1 Å². The van der Waals surface area contributed by atoms with Crippen molar-refractivity contribution in [1.29, 1.82) is 0 Å². The molecule has 2 aliphatic rings. The summed E-state index contributed by atoms with van der Waals surface area (Å²) in [5, 5.41) is 32.5. The maximum absolute atomic E-state index is 13.2. The Morgan fingerprint density at radius 2 is 2.02 bits per heavy atom. The van der Waals surface area contributed by atoms with Crippen LogP contribution >= 0.6 is 23.3 Å². The maximum Gasteiger partial charge on any atom is 0.350 e. The van der Waals surface area contributed by atoms with E-state index in [1.165, 1.54) is 30.3 Å². The van der Waals surface area contributed by atoms with Gasteiger partial charge in [0.15, 0.2) is 23.2 Å². The summed E-state index contributed by atoms with van der Waals surface area (Å²) in [6, 6.07) is -1.18. The van der Waals surface area contributed by atoms with E-state index < -0.39 is 46.5 Å². The average molecular weight is 666 g/mol. The summed E-state index contributed by atoms with van der Waals surface area (Å²) in [6.07, 6.45) is 1.77. The quantitative estimate of drug-likeness (QED) is 0.0526. The molecule has 2 atom stereocenters. The van der Waals surface area contributed by atoms with E-state index in [1.807, 2.05) is 0 Å². The number of nitrogens with two attached hydrogens (primary N) is 2. The van der Waals surface area contributed by atoms with Gasteiger partial charge in [0.05, 0.1) is 18.7 Å². The lowest BCUT2D eigenvalue weighted by molar-refractivity contribution is -0.765. The number of aromatic nitrogens is 4. The minimum atomic E-state index is -1.82. The van der Waals surface area contributed by atoms with Gasteiger partial charge < -0.3 is 47.3 Å². The lowest BCUT2D eigenvalue weighted by atomic mass is 10.0. The Balaban J connectivity index is 1.54. The molecule has 3 amide bonds. The van der Waals surface area contributed by atoms with Gasteiger partial charge in [0, 0.05) is 35.8 Å². The van der Waals surface area contributed by atoms with Crippen molar-refractivity contribution in [3.05, 3.63) is 23.3 Å². The van der Waals surface area contributed by atoms with Crippen LogP contribution in [0.15, 0.2) is 22.6 Å². The molecule has 1 saturated heterocycles. The smallest absolute Gasteiger partial charge is 0.350 e. The third-order valence-corrected chi connectivity index (χ3v) is 8.68. The number of oxime groups is 1. The van der Waals surface area contributed by atoms with Gasteiger partial charge in [0.25, 0.3) is 11.8 Å². The average Bonchev–Trinajstić information content (AvgIpc) is 3.52. The number of anilines is 3. The van der Waals surface area contributed by atoms with Gasteiger partial charge in [-0.3, -0.25) is 19.3 Å². The minimum Gasteiger partial charge on any atom is -0.543 e. The SMILES string of the molecule is CNCCC(=O)Nc1c[n+](CC2=C(C(=O)[O-])N3C(=O)[C@@H](NC(=O)/C(=N\OC(C)(C)C(=O)O)c4nsc(N)n4)[C@H]3SC2)n(C)c1N. The van der Waals surface area contributed by atoms with Crippen LogP contribution in [0.5, 0.6) is 0 Å². The standard InChI is InChI=1S/C24H31N11O8S2/c1-24(2,22(41)42)43-31-13(17-30-23(26)45-32-17)18(37)29-14-19(38)35-15(21(39)40)10(9-44-20(14)35)7-34-8-11(16(25)33(34)4)28-12(36)5-6-27-3/h8,14,20,25,27H,5-7,9H2,1-4H3,(H6,26,28,29,30,32,36,37,39,40,41,42)/b31-13-/t14-,20-/m1/s1. The first-order chi connectivity index (χ1) is 21.2. The Labute approximate surface area is 263 Å². The maximum atomic E-state index is 13.2. The number of carboxylic acids is 2. The summed E-state index contributed by atoms with van der Waals surface area (Å²) in [7, 11) is 3.34. The molecule has 0 aliphatic carbocycles. The van der Waals surface area contributed by atoms with Crippen LogP contribution in [0.4, 0.5) is 16.6 Å². The molecular weight excluding hydrogens is 634 g/mol. The van der Waals surface area contributed by atoms with E-state index in [0.29, 0.717) is 17.8 Å². The third-order valence-electron chi connectivity index (χ3n) is 6.79. The highest BCUT2D eigenvalue weighted by Gasteiger charge is 2.53. The van der Waals surface area contributed by atoms with Gasteiger partial charge in [-0.25, -0.2) is 4.79 Å². The highest BCUT2D eigenvalue weighted by Crippen LogP contribution is 2.40. The van der Waals surface area contributed by atoms with E-state index in [4.69, 9.17) is 16.3 Å². The van der Waals surface area contributed by atoms with E-state index in [0.717, 1.165) is 16.4 Å². The highest BCUT2D eigenvalue weighted by atomic mass is 32.2. The zero-order chi connectivity index (χ0) is 33.2. The number of nitrogens with zero attached hydrogens (tertiary/aromatic N) is 6. The van der Waals surface area contributed by atoms with Crippen LogP contribution in [0.1, 0.15) is 26.1 Å². The summed E-state index contributed by atoms with van der Waals surface area (Å²) in [5.41, 5.74) is 9.74. The van der Waals surface area contributed by atoms with Crippen LogP contribution in [0.25, 0.3) is 0 Å². The normalized spacial score (nSPS) is 18.3. The first-order valence-corrected chi connectivity index (χ1v) is 15.1. The Kier molecular flexibility index (Phi) is 9.63. The largest absolute Gasteiger partial charge is 0.543 e. The number of β-lactam (4-membered cyclic amide) rings is 1. The van der Waals surface area contributed by atoms with E-state index >= 15 is 0 Å². The Bertz CT molecular complexity index is 1620. The molecule has 0 saturated carbocycles. The summed E-state index contributed by atoms with van der Waals surface area (Å²) < 4.78 is 7.03. The number of fused-ring (bicyclic) bond motifs is 1. The number of nitrogen functional groups attached to an aromatic ring is 2. The van der Waals surface area contributed by atoms with E-state index in [2.05, 4.69) is 30.5 Å². The molecule has 0 aromatic carbocycles. The number of amides is 3. The van der Waals surface area contributed by atoms with Gasteiger partial charge in [-0.2, -0.15) is 9.36 Å². The fraction of sp³-hybridized carbons (Fsp3) is 0.458. The molecule has 45 heavy (non-hydrogen) atoms. The van der Waals surface area contributed by atoms with Crippen LogP contribution in [0.3, 0.4) is 0 Å². The lowest BCUT2D eigenvalue weighted by Crippen LogP contribution is -2.71. The second-order valence-corrected chi connectivity index (χ2v) is 12.2. The summed E-state index contributed by atoms with van der Waals surface area (Å²) >= 11 is 1.95. The fourth-order valence-electron chi connectivity index (χ4n) is 4.23. The first kappa shape index (κ1) is 33.1. The van der Waals surface area contributed by atoms with E-state index in [-0.39, 0.29) is 47.1 Å². The molecule has 4 heterocycles. The number of nitrogens with one attached hydrogen (secondary N) is 3. The fourth-order valence-corrected chi connectivity index (χ4v) is 6.00. The summed E-state index contributed by atoms with van der Waals surface area (Å²) in [5.74, 6) is -4.81. The van der Waals surface area contributed by atoms with Crippen molar-refractivity contribution in [3.8, 4) is 0 Å². The lowest BCUT2D eigenvalue weighted by Gasteiger charge is -2.50. The molecule has 2 aliphatic heterocycles. The number of carboxylic acid groups (broad SMARTS) is 2. The van der Waals surface area contributed by atoms with Crippen molar-refractivity contribution in [3.63, 3.8) is 0 Å². The third kappa shape index (κ3) is 6.83. The topological polar surface area (TPSA) is 276 Å². The number of carbonyl (C=O) groups excluding carboxylic acids is 4. The van der Waals surface area contributed by atoms with Crippen molar-refractivity contribution in [2.75, 3.05) is 36.1 Å². The second kappa shape index (κ2) is 13.1. The Morgan fingerprint density at radius 1 is 1.31 bits per heavy atom. The predicted molar refractivity (Wildman–Crippen MR) is 158 cm³/mol.